The molecule has 4 aromatic rings. The topological polar surface area (TPSA) is 55.6 Å². The number of carbonyl (C=O) groups is 1. The molecule has 2 aromatic carbocycles. The number of halogens is 1. The van der Waals surface area contributed by atoms with Crippen molar-refractivity contribution in [2.24, 2.45) is 0 Å². The molecule has 134 valence electrons. The van der Waals surface area contributed by atoms with Crippen LogP contribution in [-0.2, 0) is 6.61 Å². The molecule has 0 saturated carbocycles. The second kappa shape index (κ2) is 7.79. The second-order valence-corrected chi connectivity index (χ2v) is 7.22. The quantitative estimate of drug-likeness (QED) is 0.429. The first-order chi connectivity index (χ1) is 13.2. The van der Waals surface area contributed by atoms with Gasteiger partial charge >= 0.3 is 0 Å². The molecule has 5 nitrogen and oxygen atoms in total. The van der Waals surface area contributed by atoms with E-state index in [1.807, 2.05) is 71.4 Å². The summed E-state index contributed by atoms with van der Waals surface area (Å²) in [5, 5.41) is 2.89. The van der Waals surface area contributed by atoms with Crippen molar-refractivity contribution >= 4 is 39.8 Å². The molecule has 2 aromatic heterocycles. The maximum Gasteiger partial charge on any atom is 0.255 e. The fourth-order valence-electron chi connectivity index (χ4n) is 2.68. The number of benzene rings is 2. The number of imidazole rings is 1. The van der Waals surface area contributed by atoms with Crippen LogP contribution in [0.15, 0.2) is 79.1 Å². The Bertz CT molecular complexity index is 1060. The molecule has 0 aliphatic carbocycles. The third kappa shape index (κ3) is 4.28. The third-order valence-electron chi connectivity index (χ3n) is 4.00. The second-order valence-electron chi connectivity index (χ2n) is 5.98. The van der Waals surface area contributed by atoms with Gasteiger partial charge in [-0.1, -0.05) is 12.1 Å². The normalized spacial score (nSPS) is 10.7. The fourth-order valence-corrected chi connectivity index (χ4v) is 3.04. The summed E-state index contributed by atoms with van der Waals surface area (Å²) in [6.45, 7) is 0.337. The summed E-state index contributed by atoms with van der Waals surface area (Å²) in [6, 6.07) is 20.6. The molecule has 4 rings (SSSR count). The largest absolute Gasteiger partial charge is 0.487 e. The number of nitrogens with one attached hydrogen (secondary N) is 1. The van der Waals surface area contributed by atoms with Crippen LogP contribution in [0.1, 0.15) is 16.1 Å². The minimum atomic E-state index is -0.172. The lowest BCUT2D eigenvalue weighted by Crippen LogP contribution is -2.12. The summed E-state index contributed by atoms with van der Waals surface area (Å²) in [6.07, 6.45) is 3.88. The molecule has 0 saturated heterocycles. The maximum absolute atomic E-state index is 12.5. The van der Waals surface area contributed by atoms with Crippen LogP contribution in [0.3, 0.4) is 0 Å². The predicted molar refractivity (Wildman–Crippen MR) is 113 cm³/mol. The van der Waals surface area contributed by atoms with Gasteiger partial charge in [0.15, 0.2) is 0 Å². The molecule has 0 aliphatic rings. The fraction of sp³-hybridized carbons (Fsp3) is 0.0476. The lowest BCUT2D eigenvalue weighted by Gasteiger charge is -2.08. The molecule has 6 heteroatoms. The summed E-state index contributed by atoms with van der Waals surface area (Å²) >= 11 is 2.23. The van der Waals surface area contributed by atoms with Crippen molar-refractivity contribution in [1.82, 2.24) is 9.38 Å². The Hall–Kier alpha value is -2.87. The van der Waals surface area contributed by atoms with Gasteiger partial charge in [-0.2, -0.15) is 0 Å². The van der Waals surface area contributed by atoms with E-state index in [-0.39, 0.29) is 5.91 Å². The summed E-state index contributed by atoms with van der Waals surface area (Å²) in [7, 11) is 0. The van der Waals surface area contributed by atoms with Gasteiger partial charge in [-0.05, 0) is 77.2 Å². The van der Waals surface area contributed by atoms with Gasteiger partial charge in [0.1, 0.15) is 18.0 Å². The Labute approximate surface area is 170 Å². The first-order valence-electron chi connectivity index (χ1n) is 8.40. The Balaban J connectivity index is 1.43. The molecule has 1 N–H and O–H groups in total. The highest BCUT2D eigenvalue weighted by Crippen LogP contribution is 2.18. The van der Waals surface area contributed by atoms with E-state index in [1.165, 1.54) is 0 Å². The van der Waals surface area contributed by atoms with Crippen molar-refractivity contribution in [3.05, 3.63) is 94.0 Å². The first kappa shape index (κ1) is 17.5. The number of hydrogen-bond acceptors (Lipinski definition) is 3. The zero-order valence-electron chi connectivity index (χ0n) is 14.3. The third-order valence-corrected chi connectivity index (χ3v) is 4.72. The van der Waals surface area contributed by atoms with E-state index in [1.54, 1.807) is 12.1 Å². The highest BCUT2D eigenvalue weighted by atomic mass is 127. The van der Waals surface area contributed by atoms with Gasteiger partial charge in [-0.25, -0.2) is 4.98 Å². The zero-order valence-corrected chi connectivity index (χ0v) is 16.5. The van der Waals surface area contributed by atoms with Crippen LogP contribution in [0.5, 0.6) is 5.75 Å². The number of carbonyl (C=O) groups excluding carboxylic acids is 1. The summed E-state index contributed by atoms with van der Waals surface area (Å²) in [5.41, 5.74) is 3.01. The number of ether oxygens (including phenoxy) is 1. The minimum Gasteiger partial charge on any atom is -0.487 e. The SMILES string of the molecule is O=C(Nc1ccc(I)cc1)c1cccc(OCc2cn3ccccc3n2)c1. The molecule has 2 heterocycles. The highest BCUT2D eigenvalue weighted by molar-refractivity contribution is 14.1. The summed E-state index contributed by atoms with van der Waals surface area (Å²) < 4.78 is 8.89. The van der Waals surface area contributed by atoms with Crippen molar-refractivity contribution in [2.75, 3.05) is 5.32 Å². The molecule has 0 bridgehead atoms. The first-order valence-corrected chi connectivity index (χ1v) is 9.48. The molecule has 0 spiro atoms. The van der Waals surface area contributed by atoms with Gasteiger partial charge in [-0.3, -0.25) is 4.79 Å². The van der Waals surface area contributed by atoms with Crippen molar-refractivity contribution in [3.63, 3.8) is 0 Å². The molecule has 0 radical (unpaired) electrons. The van der Waals surface area contributed by atoms with Crippen molar-refractivity contribution in [1.29, 1.82) is 0 Å². The van der Waals surface area contributed by atoms with E-state index in [0.717, 1.165) is 20.6 Å². The molecule has 0 atom stereocenters. The van der Waals surface area contributed by atoms with Gasteiger partial charge in [-0.15, -0.1) is 0 Å². The average molecular weight is 469 g/mol. The van der Waals surface area contributed by atoms with Crippen LogP contribution in [0.2, 0.25) is 0 Å². The van der Waals surface area contributed by atoms with Crippen LogP contribution in [0, 0.1) is 3.57 Å². The maximum atomic E-state index is 12.5. The molecule has 1 amide bonds. The monoisotopic (exact) mass is 469 g/mol. The van der Waals surface area contributed by atoms with Crippen molar-refractivity contribution in [3.8, 4) is 5.75 Å². The predicted octanol–water partition coefficient (Wildman–Crippen LogP) is 4.77. The molecule has 0 fully saturated rings. The van der Waals surface area contributed by atoms with E-state index in [2.05, 4.69) is 32.9 Å². The Morgan fingerprint density at radius 3 is 2.74 bits per heavy atom. The van der Waals surface area contributed by atoms with E-state index < -0.39 is 0 Å². The molecule has 27 heavy (non-hydrogen) atoms. The van der Waals surface area contributed by atoms with E-state index >= 15 is 0 Å². The zero-order chi connectivity index (χ0) is 18.6. The number of amides is 1. The van der Waals surface area contributed by atoms with E-state index in [9.17, 15) is 4.79 Å². The summed E-state index contributed by atoms with van der Waals surface area (Å²) in [5.74, 6) is 0.455. The summed E-state index contributed by atoms with van der Waals surface area (Å²) in [4.78, 5) is 17.0. The standard InChI is InChI=1S/C21H16IN3O2/c22-16-7-9-17(10-8-16)24-21(26)15-4-3-5-19(12-15)27-14-18-13-25-11-2-1-6-20(25)23-18/h1-13H,14H2,(H,24,26). The number of anilines is 1. The lowest BCUT2D eigenvalue weighted by atomic mass is 10.2. The molecular formula is C21H16IN3O2. The Morgan fingerprint density at radius 2 is 1.93 bits per heavy atom. The number of fused-ring (bicyclic) bond motifs is 1. The van der Waals surface area contributed by atoms with Gasteiger partial charge < -0.3 is 14.5 Å². The highest BCUT2D eigenvalue weighted by Gasteiger charge is 2.08. The van der Waals surface area contributed by atoms with Gasteiger partial charge in [0.25, 0.3) is 5.91 Å². The van der Waals surface area contributed by atoms with Gasteiger partial charge in [0.05, 0.1) is 5.69 Å². The number of rotatable bonds is 5. The number of aromatic nitrogens is 2. The minimum absolute atomic E-state index is 0.172. The Kier molecular flexibility index (Phi) is 5.06. The number of hydrogen-bond donors (Lipinski definition) is 1. The molecule has 0 aliphatic heterocycles. The van der Waals surface area contributed by atoms with Gasteiger partial charge in [0.2, 0.25) is 0 Å². The Morgan fingerprint density at radius 1 is 1.07 bits per heavy atom. The van der Waals surface area contributed by atoms with Crippen LogP contribution < -0.4 is 10.1 Å². The number of pyridine rings is 1. The lowest BCUT2D eigenvalue weighted by molar-refractivity contribution is 0.102. The van der Waals surface area contributed by atoms with Crippen LogP contribution >= 0.6 is 22.6 Å². The number of nitrogens with zero attached hydrogens (tertiary/aromatic N) is 2. The molecule has 0 unspecified atom stereocenters. The smallest absolute Gasteiger partial charge is 0.255 e. The van der Waals surface area contributed by atoms with E-state index in [4.69, 9.17) is 4.74 Å². The van der Waals surface area contributed by atoms with Crippen LogP contribution in [-0.4, -0.2) is 15.3 Å². The van der Waals surface area contributed by atoms with Crippen molar-refractivity contribution in [2.45, 2.75) is 6.61 Å². The van der Waals surface area contributed by atoms with Crippen LogP contribution in [0.25, 0.3) is 5.65 Å². The van der Waals surface area contributed by atoms with E-state index in [0.29, 0.717) is 17.9 Å². The van der Waals surface area contributed by atoms with Crippen LogP contribution in [0.4, 0.5) is 5.69 Å². The van der Waals surface area contributed by atoms with Gasteiger partial charge in [0, 0.05) is 27.2 Å². The van der Waals surface area contributed by atoms with Crippen molar-refractivity contribution < 1.29 is 9.53 Å². The average Bonchev–Trinajstić information content (AvgIpc) is 3.11. The molecular weight excluding hydrogens is 453 g/mol.